The number of halogens is 2. The van der Waals surface area contributed by atoms with Crippen molar-refractivity contribution in [2.45, 2.75) is 17.7 Å². The van der Waals surface area contributed by atoms with E-state index in [1.54, 1.807) is 6.07 Å². The van der Waals surface area contributed by atoms with Crippen LogP contribution in [0.4, 0.5) is 4.39 Å². The van der Waals surface area contributed by atoms with E-state index in [0.717, 1.165) is 22.2 Å². The van der Waals surface area contributed by atoms with E-state index in [0.29, 0.717) is 5.25 Å². The molecule has 1 aromatic rings. The van der Waals surface area contributed by atoms with Crippen LogP contribution < -0.4 is 5.73 Å². The first-order valence-corrected chi connectivity index (χ1v) is 8.54. The third-order valence-corrected chi connectivity index (χ3v) is 6.11. The van der Waals surface area contributed by atoms with Gasteiger partial charge in [-0.2, -0.15) is 23.5 Å². The second kappa shape index (κ2) is 6.45. The van der Waals surface area contributed by atoms with Crippen LogP contribution in [0, 0.1) is 5.82 Å². The number of rotatable bonds is 3. The standard InChI is InChI=1S/C12H15BrFNS2/c13-9-3-8(4-10(14)6-9)5-11(15)12-7-16-1-2-17-12/h3-4,6,11-12H,1-2,5,7,15H2. The van der Waals surface area contributed by atoms with Crippen molar-refractivity contribution in [2.24, 2.45) is 5.73 Å². The molecule has 2 N–H and O–H groups in total. The lowest BCUT2D eigenvalue weighted by molar-refractivity contribution is 0.617. The first-order chi connectivity index (χ1) is 8.15. The second-order valence-electron chi connectivity index (χ2n) is 4.13. The Hall–Kier alpha value is 0.290. The predicted octanol–water partition coefficient (Wildman–Crippen LogP) is 3.31. The molecule has 0 saturated carbocycles. The Labute approximate surface area is 118 Å². The molecule has 17 heavy (non-hydrogen) atoms. The summed E-state index contributed by atoms with van der Waals surface area (Å²) in [5.74, 6) is 3.31. The second-order valence-corrected chi connectivity index (χ2v) is 7.54. The summed E-state index contributed by atoms with van der Waals surface area (Å²) in [6, 6.07) is 5.11. The van der Waals surface area contributed by atoms with Crippen LogP contribution in [0.2, 0.25) is 0 Å². The van der Waals surface area contributed by atoms with Gasteiger partial charge in [0.15, 0.2) is 0 Å². The van der Waals surface area contributed by atoms with Crippen molar-refractivity contribution in [3.63, 3.8) is 0 Å². The molecule has 1 nitrogen and oxygen atoms in total. The molecule has 1 aliphatic rings. The van der Waals surface area contributed by atoms with Crippen molar-refractivity contribution in [1.82, 2.24) is 0 Å². The van der Waals surface area contributed by atoms with E-state index < -0.39 is 0 Å². The molecule has 0 spiro atoms. The monoisotopic (exact) mass is 335 g/mol. The third kappa shape index (κ3) is 4.16. The number of benzene rings is 1. The highest BCUT2D eigenvalue weighted by atomic mass is 79.9. The normalized spacial score (nSPS) is 22.4. The molecule has 5 heteroatoms. The highest BCUT2D eigenvalue weighted by molar-refractivity contribution is 9.10. The number of hydrogen-bond donors (Lipinski definition) is 1. The van der Waals surface area contributed by atoms with E-state index in [-0.39, 0.29) is 11.9 Å². The number of nitrogens with two attached hydrogens (primary N) is 1. The fourth-order valence-corrected chi connectivity index (χ4v) is 5.22. The summed E-state index contributed by atoms with van der Waals surface area (Å²) in [6.07, 6.45) is 0.745. The third-order valence-electron chi connectivity index (χ3n) is 2.71. The first kappa shape index (κ1) is 13.7. The van der Waals surface area contributed by atoms with Gasteiger partial charge in [0, 0.05) is 33.0 Å². The van der Waals surface area contributed by atoms with Crippen LogP contribution in [-0.4, -0.2) is 28.6 Å². The van der Waals surface area contributed by atoms with Crippen LogP contribution in [0.15, 0.2) is 22.7 Å². The zero-order valence-corrected chi connectivity index (χ0v) is 12.6. The lowest BCUT2D eigenvalue weighted by Crippen LogP contribution is -2.38. The summed E-state index contributed by atoms with van der Waals surface area (Å²) < 4.78 is 14.0. The van der Waals surface area contributed by atoms with E-state index in [1.807, 2.05) is 29.6 Å². The molecule has 0 aromatic heterocycles. The lowest BCUT2D eigenvalue weighted by Gasteiger charge is -2.26. The van der Waals surface area contributed by atoms with Crippen LogP contribution in [-0.2, 0) is 6.42 Å². The lowest BCUT2D eigenvalue weighted by atomic mass is 10.0. The fraction of sp³-hybridized carbons (Fsp3) is 0.500. The molecule has 0 aliphatic carbocycles. The average Bonchev–Trinajstić information content (AvgIpc) is 2.28. The first-order valence-electron chi connectivity index (χ1n) is 5.55. The van der Waals surface area contributed by atoms with Gasteiger partial charge in [0.2, 0.25) is 0 Å². The highest BCUT2D eigenvalue weighted by Crippen LogP contribution is 2.27. The maximum Gasteiger partial charge on any atom is 0.124 e. The summed E-state index contributed by atoms with van der Waals surface area (Å²) in [5, 5.41) is 0.496. The molecule has 0 radical (unpaired) electrons. The minimum Gasteiger partial charge on any atom is -0.326 e. The molecular formula is C12H15BrFNS2. The van der Waals surface area contributed by atoms with Crippen molar-refractivity contribution in [2.75, 3.05) is 17.3 Å². The van der Waals surface area contributed by atoms with E-state index in [4.69, 9.17) is 5.73 Å². The summed E-state index contributed by atoms with van der Waals surface area (Å²) in [5.41, 5.74) is 7.18. The Bertz CT molecular complexity index is 363. The van der Waals surface area contributed by atoms with Crippen molar-refractivity contribution in [3.05, 3.63) is 34.1 Å². The predicted molar refractivity (Wildman–Crippen MR) is 79.4 cm³/mol. The van der Waals surface area contributed by atoms with Crippen LogP contribution in [0.5, 0.6) is 0 Å². The van der Waals surface area contributed by atoms with Crippen LogP contribution in [0.25, 0.3) is 0 Å². The van der Waals surface area contributed by atoms with Gasteiger partial charge in [0.05, 0.1) is 0 Å². The van der Waals surface area contributed by atoms with Crippen molar-refractivity contribution in [1.29, 1.82) is 0 Å². The van der Waals surface area contributed by atoms with E-state index in [2.05, 4.69) is 15.9 Å². The van der Waals surface area contributed by atoms with Gasteiger partial charge < -0.3 is 5.73 Å². The molecule has 1 fully saturated rings. The van der Waals surface area contributed by atoms with Crippen LogP contribution in [0.3, 0.4) is 0 Å². The quantitative estimate of drug-likeness (QED) is 0.917. The Morgan fingerprint density at radius 2 is 2.24 bits per heavy atom. The Balaban J connectivity index is 1.99. The maximum absolute atomic E-state index is 13.2. The van der Waals surface area contributed by atoms with Crippen molar-refractivity contribution < 1.29 is 4.39 Å². The van der Waals surface area contributed by atoms with Gasteiger partial charge in [0.25, 0.3) is 0 Å². The van der Waals surface area contributed by atoms with Gasteiger partial charge >= 0.3 is 0 Å². The molecule has 1 aromatic carbocycles. The zero-order valence-electron chi connectivity index (χ0n) is 9.36. The molecule has 94 valence electrons. The van der Waals surface area contributed by atoms with Gasteiger partial charge in [-0.25, -0.2) is 4.39 Å². The van der Waals surface area contributed by atoms with E-state index >= 15 is 0 Å². The van der Waals surface area contributed by atoms with Gasteiger partial charge in [-0.3, -0.25) is 0 Å². The maximum atomic E-state index is 13.2. The van der Waals surface area contributed by atoms with Gasteiger partial charge in [-0.15, -0.1) is 0 Å². The highest BCUT2D eigenvalue weighted by Gasteiger charge is 2.21. The Kier molecular flexibility index (Phi) is 5.21. The Morgan fingerprint density at radius 1 is 1.41 bits per heavy atom. The van der Waals surface area contributed by atoms with Gasteiger partial charge in [0.1, 0.15) is 5.82 Å². The van der Waals surface area contributed by atoms with Gasteiger partial charge in [-0.05, 0) is 30.2 Å². The summed E-state index contributed by atoms with van der Waals surface area (Å²) in [7, 11) is 0. The van der Waals surface area contributed by atoms with Gasteiger partial charge in [-0.1, -0.05) is 15.9 Å². The average molecular weight is 336 g/mol. The molecule has 2 atom stereocenters. The van der Waals surface area contributed by atoms with Crippen molar-refractivity contribution >= 4 is 39.5 Å². The van der Waals surface area contributed by atoms with Crippen LogP contribution >= 0.6 is 39.5 Å². The molecule has 2 unspecified atom stereocenters. The minimum atomic E-state index is -0.202. The molecule has 1 saturated heterocycles. The molecule has 1 aliphatic heterocycles. The molecule has 0 amide bonds. The summed E-state index contributed by atoms with van der Waals surface area (Å²) in [4.78, 5) is 0. The largest absolute Gasteiger partial charge is 0.326 e. The molecule has 1 heterocycles. The SMILES string of the molecule is NC(Cc1cc(F)cc(Br)c1)C1CSCCS1. The summed E-state index contributed by atoms with van der Waals surface area (Å²) >= 11 is 7.22. The Morgan fingerprint density at radius 3 is 2.88 bits per heavy atom. The zero-order chi connectivity index (χ0) is 12.3. The number of hydrogen-bond acceptors (Lipinski definition) is 3. The van der Waals surface area contributed by atoms with Crippen molar-refractivity contribution in [3.8, 4) is 0 Å². The molecular weight excluding hydrogens is 321 g/mol. The topological polar surface area (TPSA) is 26.0 Å². The minimum absolute atomic E-state index is 0.112. The number of thioether (sulfide) groups is 2. The van der Waals surface area contributed by atoms with Crippen LogP contribution in [0.1, 0.15) is 5.56 Å². The smallest absolute Gasteiger partial charge is 0.124 e. The summed E-state index contributed by atoms with van der Waals surface area (Å²) in [6.45, 7) is 0. The van der Waals surface area contributed by atoms with E-state index in [9.17, 15) is 4.39 Å². The molecule has 2 rings (SSSR count). The molecule has 0 bridgehead atoms. The van der Waals surface area contributed by atoms with E-state index in [1.165, 1.54) is 17.6 Å². The fourth-order valence-electron chi connectivity index (χ4n) is 1.89.